The van der Waals surface area contributed by atoms with Crippen LogP contribution >= 0.6 is 0 Å². The number of aromatic nitrogens is 2. The van der Waals surface area contributed by atoms with Gasteiger partial charge < -0.3 is 15.4 Å². The van der Waals surface area contributed by atoms with E-state index in [4.69, 9.17) is 5.73 Å². The van der Waals surface area contributed by atoms with Crippen LogP contribution in [0.4, 0.5) is 0 Å². The topological polar surface area (TPSA) is 76.4 Å². The molecule has 0 bridgehead atoms. The standard InChI is InChI=1S/C13H14N4O/c1-7-11(18)10(12(14)15-7)13-16-8-5-3-4-6-9(8)17(13)2/h3-7,18H,1-2H3,(H2,14,15)/t7-/m1/s1. The minimum atomic E-state index is -0.292. The molecule has 2 heterocycles. The quantitative estimate of drug-likeness (QED) is 0.797. The van der Waals surface area contributed by atoms with Crippen LogP contribution in [-0.2, 0) is 7.05 Å². The van der Waals surface area contributed by atoms with Crippen LogP contribution in [0.2, 0.25) is 0 Å². The van der Waals surface area contributed by atoms with Crippen molar-refractivity contribution in [2.24, 2.45) is 17.8 Å². The van der Waals surface area contributed by atoms with E-state index in [9.17, 15) is 5.11 Å². The molecule has 1 aromatic heterocycles. The third kappa shape index (κ3) is 1.33. The molecule has 0 radical (unpaired) electrons. The van der Waals surface area contributed by atoms with Gasteiger partial charge in [0.1, 0.15) is 23.5 Å². The molecule has 0 aliphatic carbocycles. The van der Waals surface area contributed by atoms with Crippen LogP contribution in [0.3, 0.4) is 0 Å². The molecule has 0 amide bonds. The summed E-state index contributed by atoms with van der Waals surface area (Å²) in [5, 5.41) is 10.1. The molecule has 0 saturated carbocycles. The van der Waals surface area contributed by atoms with Crippen molar-refractivity contribution in [2.45, 2.75) is 13.0 Å². The third-order valence-electron chi connectivity index (χ3n) is 3.25. The molecular formula is C13H14N4O. The number of benzene rings is 1. The van der Waals surface area contributed by atoms with E-state index < -0.39 is 0 Å². The van der Waals surface area contributed by atoms with Crippen LogP contribution in [0, 0.1) is 0 Å². The predicted molar refractivity (Wildman–Crippen MR) is 71.3 cm³/mol. The molecule has 92 valence electrons. The number of hydrogen-bond acceptors (Lipinski definition) is 4. The summed E-state index contributed by atoms with van der Waals surface area (Å²) in [6.07, 6.45) is 0. The fraction of sp³-hybridized carbons (Fsp3) is 0.231. The van der Waals surface area contributed by atoms with E-state index in [0.717, 1.165) is 11.0 Å². The lowest BCUT2D eigenvalue weighted by Gasteiger charge is -2.04. The van der Waals surface area contributed by atoms with Crippen molar-refractivity contribution >= 4 is 22.4 Å². The molecule has 1 atom stereocenters. The Balaban J connectivity index is 2.28. The van der Waals surface area contributed by atoms with Crippen molar-refractivity contribution < 1.29 is 5.11 Å². The van der Waals surface area contributed by atoms with Crippen molar-refractivity contribution in [2.75, 3.05) is 0 Å². The Labute approximate surface area is 104 Å². The molecule has 2 aromatic rings. The average molecular weight is 242 g/mol. The minimum absolute atomic E-state index is 0.186. The minimum Gasteiger partial charge on any atom is -0.509 e. The summed E-state index contributed by atoms with van der Waals surface area (Å²) in [6.45, 7) is 1.80. The van der Waals surface area contributed by atoms with E-state index in [1.165, 1.54) is 0 Å². The number of aryl methyl sites for hydroxylation is 1. The van der Waals surface area contributed by atoms with Gasteiger partial charge in [-0.2, -0.15) is 0 Å². The van der Waals surface area contributed by atoms with Gasteiger partial charge in [0, 0.05) is 7.05 Å². The number of aliphatic imine (C=N–C) groups is 1. The van der Waals surface area contributed by atoms with Crippen molar-refractivity contribution in [3.63, 3.8) is 0 Å². The highest BCUT2D eigenvalue weighted by Crippen LogP contribution is 2.28. The smallest absolute Gasteiger partial charge is 0.148 e. The second kappa shape index (κ2) is 3.60. The fourth-order valence-electron chi connectivity index (χ4n) is 2.27. The van der Waals surface area contributed by atoms with E-state index in [1.807, 2.05) is 35.9 Å². The summed E-state index contributed by atoms with van der Waals surface area (Å²) in [5.41, 5.74) is 8.28. The summed E-state index contributed by atoms with van der Waals surface area (Å²) in [7, 11) is 1.90. The van der Waals surface area contributed by atoms with E-state index in [1.54, 1.807) is 6.92 Å². The number of fused-ring (bicyclic) bond motifs is 1. The Hall–Kier alpha value is -2.30. The van der Waals surface area contributed by atoms with Crippen LogP contribution in [0.5, 0.6) is 0 Å². The maximum absolute atomic E-state index is 10.1. The number of aliphatic hydroxyl groups excluding tert-OH is 1. The first kappa shape index (κ1) is 10.8. The zero-order valence-corrected chi connectivity index (χ0v) is 10.3. The van der Waals surface area contributed by atoms with E-state index in [2.05, 4.69) is 9.98 Å². The van der Waals surface area contributed by atoms with Gasteiger partial charge in [-0.25, -0.2) is 4.98 Å². The van der Waals surface area contributed by atoms with Crippen LogP contribution in [0.1, 0.15) is 12.7 Å². The molecule has 0 spiro atoms. The molecule has 1 aliphatic heterocycles. The maximum atomic E-state index is 10.1. The van der Waals surface area contributed by atoms with Crippen molar-refractivity contribution in [3.8, 4) is 0 Å². The molecule has 1 aromatic carbocycles. The number of rotatable bonds is 1. The number of imidazole rings is 1. The number of amidine groups is 1. The Bertz CT molecular complexity index is 696. The largest absolute Gasteiger partial charge is 0.509 e. The summed E-state index contributed by atoms with van der Waals surface area (Å²) in [6, 6.07) is 7.51. The summed E-state index contributed by atoms with van der Waals surface area (Å²) in [4.78, 5) is 8.67. The number of nitrogens with zero attached hydrogens (tertiary/aromatic N) is 3. The normalized spacial score (nSPS) is 19.7. The van der Waals surface area contributed by atoms with Crippen molar-refractivity contribution in [1.82, 2.24) is 9.55 Å². The highest BCUT2D eigenvalue weighted by atomic mass is 16.3. The summed E-state index contributed by atoms with van der Waals surface area (Å²) < 4.78 is 1.92. The Morgan fingerprint density at radius 2 is 2.06 bits per heavy atom. The van der Waals surface area contributed by atoms with Crippen molar-refractivity contribution in [1.29, 1.82) is 0 Å². The first-order chi connectivity index (χ1) is 8.59. The van der Waals surface area contributed by atoms with Gasteiger partial charge in [0.05, 0.1) is 16.6 Å². The van der Waals surface area contributed by atoms with Crippen LogP contribution < -0.4 is 5.73 Å². The van der Waals surface area contributed by atoms with Crippen LogP contribution in [0.15, 0.2) is 35.0 Å². The highest BCUT2D eigenvalue weighted by molar-refractivity contribution is 6.23. The van der Waals surface area contributed by atoms with Gasteiger partial charge in [0.2, 0.25) is 0 Å². The molecule has 0 saturated heterocycles. The van der Waals surface area contributed by atoms with Crippen LogP contribution in [0.25, 0.3) is 16.6 Å². The second-order valence-corrected chi connectivity index (χ2v) is 4.43. The molecule has 0 unspecified atom stereocenters. The van der Waals surface area contributed by atoms with Gasteiger partial charge in [0.25, 0.3) is 0 Å². The predicted octanol–water partition coefficient (Wildman–Crippen LogP) is 1.60. The highest BCUT2D eigenvalue weighted by Gasteiger charge is 2.27. The number of nitrogens with two attached hydrogens (primary N) is 1. The molecule has 0 fully saturated rings. The first-order valence-electron chi connectivity index (χ1n) is 5.78. The lowest BCUT2D eigenvalue weighted by Crippen LogP contribution is -2.14. The maximum Gasteiger partial charge on any atom is 0.148 e. The van der Waals surface area contributed by atoms with Gasteiger partial charge in [-0.3, -0.25) is 4.99 Å². The molecular weight excluding hydrogens is 228 g/mol. The monoisotopic (exact) mass is 242 g/mol. The van der Waals surface area contributed by atoms with Gasteiger partial charge in [-0.1, -0.05) is 12.1 Å². The van der Waals surface area contributed by atoms with Crippen molar-refractivity contribution in [3.05, 3.63) is 35.8 Å². The summed E-state index contributed by atoms with van der Waals surface area (Å²) >= 11 is 0. The number of aliphatic hydroxyl groups is 1. The average Bonchev–Trinajstić information content (AvgIpc) is 2.79. The number of hydrogen-bond donors (Lipinski definition) is 2. The second-order valence-electron chi connectivity index (χ2n) is 4.43. The molecule has 5 heteroatoms. The third-order valence-corrected chi connectivity index (χ3v) is 3.25. The van der Waals surface area contributed by atoms with Gasteiger partial charge in [0.15, 0.2) is 0 Å². The lowest BCUT2D eigenvalue weighted by atomic mass is 10.2. The Morgan fingerprint density at radius 3 is 2.67 bits per heavy atom. The van der Waals surface area contributed by atoms with Crippen LogP contribution in [-0.4, -0.2) is 26.5 Å². The lowest BCUT2D eigenvalue weighted by molar-refractivity contribution is 0.383. The van der Waals surface area contributed by atoms with E-state index in [-0.39, 0.29) is 11.8 Å². The van der Waals surface area contributed by atoms with Gasteiger partial charge in [-0.15, -0.1) is 0 Å². The fourth-order valence-corrected chi connectivity index (χ4v) is 2.27. The molecule has 1 aliphatic rings. The van der Waals surface area contributed by atoms with E-state index in [0.29, 0.717) is 17.2 Å². The Morgan fingerprint density at radius 1 is 1.33 bits per heavy atom. The molecule has 3 N–H and O–H groups in total. The number of para-hydroxylation sites is 2. The first-order valence-corrected chi connectivity index (χ1v) is 5.78. The van der Waals surface area contributed by atoms with Gasteiger partial charge >= 0.3 is 0 Å². The Kier molecular flexibility index (Phi) is 2.16. The molecule has 3 rings (SSSR count). The molecule has 5 nitrogen and oxygen atoms in total. The summed E-state index contributed by atoms with van der Waals surface area (Å²) in [5.74, 6) is 1.18. The van der Waals surface area contributed by atoms with Gasteiger partial charge in [-0.05, 0) is 19.1 Å². The molecule has 18 heavy (non-hydrogen) atoms. The zero-order valence-electron chi connectivity index (χ0n) is 10.3. The van der Waals surface area contributed by atoms with E-state index >= 15 is 0 Å². The SMILES string of the molecule is C[C@H]1N=C(N)C(c2nc3ccccc3n2C)=C1O. The zero-order chi connectivity index (χ0) is 12.9.